The molecule has 3 nitrogen and oxygen atoms in total. The van der Waals surface area contributed by atoms with Gasteiger partial charge >= 0.3 is 0 Å². The van der Waals surface area contributed by atoms with E-state index < -0.39 is 0 Å². The molecule has 0 spiro atoms. The molecule has 1 aliphatic heterocycles. The average Bonchev–Trinajstić information content (AvgIpc) is 2.16. The molecule has 1 saturated heterocycles. The van der Waals surface area contributed by atoms with Crippen LogP contribution in [0.25, 0.3) is 0 Å². The van der Waals surface area contributed by atoms with E-state index in [2.05, 4.69) is 31.0 Å². The van der Waals surface area contributed by atoms with Crippen LogP contribution in [0.3, 0.4) is 0 Å². The summed E-state index contributed by atoms with van der Waals surface area (Å²) in [4.78, 5) is 2.38. The lowest BCUT2D eigenvalue weighted by Crippen LogP contribution is -2.44. The summed E-state index contributed by atoms with van der Waals surface area (Å²) in [7, 11) is 0. The Labute approximate surface area is 104 Å². The van der Waals surface area contributed by atoms with Gasteiger partial charge in [0.2, 0.25) is 0 Å². The Morgan fingerprint density at radius 1 is 1.44 bits per heavy atom. The van der Waals surface area contributed by atoms with Gasteiger partial charge in [-0.1, -0.05) is 20.8 Å². The number of rotatable bonds is 6. The van der Waals surface area contributed by atoms with Gasteiger partial charge in [-0.05, 0) is 12.5 Å². The summed E-state index contributed by atoms with van der Waals surface area (Å²) in [6.07, 6.45) is -0.228. The molecule has 2 N–H and O–H groups in total. The molecule has 2 unspecified atom stereocenters. The quantitative estimate of drug-likeness (QED) is 0.734. The normalized spacial score (nSPS) is 24.9. The maximum absolute atomic E-state index is 9.89. The van der Waals surface area contributed by atoms with Crippen LogP contribution in [0.5, 0.6) is 0 Å². The Morgan fingerprint density at radius 2 is 2.19 bits per heavy atom. The molecule has 4 heteroatoms. The van der Waals surface area contributed by atoms with E-state index in [4.69, 9.17) is 0 Å². The van der Waals surface area contributed by atoms with E-state index in [1.807, 2.05) is 11.8 Å². The summed E-state index contributed by atoms with van der Waals surface area (Å²) in [5, 5.41) is 13.9. The van der Waals surface area contributed by atoms with Gasteiger partial charge in [0.05, 0.1) is 6.10 Å². The molecule has 16 heavy (non-hydrogen) atoms. The molecule has 1 aliphatic rings. The fourth-order valence-corrected chi connectivity index (χ4v) is 3.04. The van der Waals surface area contributed by atoms with Crippen molar-refractivity contribution in [1.82, 2.24) is 10.2 Å². The highest BCUT2D eigenvalue weighted by Crippen LogP contribution is 2.17. The minimum absolute atomic E-state index is 0.228. The van der Waals surface area contributed by atoms with Crippen LogP contribution in [0.1, 0.15) is 20.8 Å². The van der Waals surface area contributed by atoms with Crippen molar-refractivity contribution in [3.63, 3.8) is 0 Å². The number of nitrogens with one attached hydrogen (secondary N) is 1. The van der Waals surface area contributed by atoms with Gasteiger partial charge in [0, 0.05) is 37.2 Å². The fraction of sp³-hybridized carbons (Fsp3) is 1.00. The van der Waals surface area contributed by atoms with Crippen molar-refractivity contribution in [2.24, 2.45) is 5.92 Å². The fourth-order valence-electron chi connectivity index (χ4n) is 1.96. The first-order valence-electron chi connectivity index (χ1n) is 6.30. The largest absolute Gasteiger partial charge is 0.390 e. The molecule has 0 aromatic heterocycles. The molecule has 0 aliphatic carbocycles. The van der Waals surface area contributed by atoms with Crippen LogP contribution < -0.4 is 5.32 Å². The van der Waals surface area contributed by atoms with Crippen molar-refractivity contribution >= 4 is 11.8 Å². The Hall–Kier alpha value is 0.230. The van der Waals surface area contributed by atoms with Gasteiger partial charge in [0.25, 0.3) is 0 Å². The van der Waals surface area contributed by atoms with Gasteiger partial charge < -0.3 is 10.4 Å². The topological polar surface area (TPSA) is 35.5 Å². The lowest BCUT2D eigenvalue weighted by atomic mass is 10.2. The number of β-amino-alcohol motifs (C(OH)–C–C–N with tert-alkyl or cyclic N) is 1. The number of hydrogen-bond donors (Lipinski definition) is 2. The second-order valence-corrected chi connectivity index (χ2v) is 6.69. The van der Waals surface area contributed by atoms with Crippen LogP contribution in [-0.4, -0.2) is 59.8 Å². The minimum atomic E-state index is -0.228. The Kier molecular flexibility index (Phi) is 6.73. The molecular weight excluding hydrogens is 220 g/mol. The number of hydrogen-bond acceptors (Lipinski definition) is 4. The lowest BCUT2D eigenvalue weighted by molar-refractivity contribution is 0.113. The minimum Gasteiger partial charge on any atom is -0.390 e. The van der Waals surface area contributed by atoms with Crippen LogP contribution in [0.15, 0.2) is 0 Å². The summed E-state index contributed by atoms with van der Waals surface area (Å²) in [5.41, 5.74) is 0. The maximum atomic E-state index is 9.89. The van der Waals surface area contributed by atoms with Gasteiger partial charge in [-0.15, -0.1) is 0 Å². The molecule has 96 valence electrons. The summed E-state index contributed by atoms with van der Waals surface area (Å²) in [5.74, 6) is 1.85. The van der Waals surface area contributed by atoms with E-state index in [1.165, 1.54) is 5.75 Å². The summed E-state index contributed by atoms with van der Waals surface area (Å²) < 4.78 is 0. The van der Waals surface area contributed by atoms with E-state index in [1.54, 1.807) is 0 Å². The van der Waals surface area contributed by atoms with E-state index in [0.717, 1.165) is 32.7 Å². The first-order chi connectivity index (χ1) is 7.58. The van der Waals surface area contributed by atoms with Crippen LogP contribution in [0.4, 0.5) is 0 Å². The summed E-state index contributed by atoms with van der Waals surface area (Å²) in [6, 6.07) is 0. The van der Waals surface area contributed by atoms with Gasteiger partial charge in [0.15, 0.2) is 0 Å². The van der Waals surface area contributed by atoms with Crippen molar-refractivity contribution < 1.29 is 5.11 Å². The SMILES string of the molecule is CC(C)CNCC(O)CN1CCSC(C)C1. The highest BCUT2D eigenvalue weighted by molar-refractivity contribution is 7.99. The molecule has 0 bridgehead atoms. The predicted molar refractivity (Wildman–Crippen MR) is 72.1 cm³/mol. The van der Waals surface area contributed by atoms with Gasteiger partial charge in [-0.2, -0.15) is 11.8 Å². The van der Waals surface area contributed by atoms with E-state index in [-0.39, 0.29) is 6.10 Å². The second kappa shape index (κ2) is 7.54. The maximum Gasteiger partial charge on any atom is 0.0791 e. The molecule has 0 aromatic rings. The Morgan fingerprint density at radius 3 is 2.81 bits per heavy atom. The molecule has 1 fully saturated rings. The number of aliphatic hydroxyl groups is 1. The van der Waals surface area contributed by atoms with Crippen LogP contribution in [-0.2, 0) is 0 Å². The third kappa shape index (κ3) is 6.09. The van der Waals surface area contributed by atoms with Crippen molar-refractivity contribution in [2.75, 3.05) is 38.5 Å². The third-order valence-corrected chi connectivity index (χ3v) is 3.86. The van der Waals surface area contributed by atoms with Crippen molar-refractivity contribution in [3.8, 4) is 0 Å². The van der Waals surface area contributed by atoms with Crippen LogP contribution >= 0.6 is 11.8 Å². The Bertz CT molecular complexity index is 190. The molecule has 0 amide bonds. The average molecular weight is 246 g/mol. The lowest BCUT2D eigenvalue weighted by Gasteiger charge is -2.32. The van der Waals surface area contributed by atoms with Gasteiger partial charge in [-0.3, -0.25) is 4.90 Å². The monoisotopic (exact) mass is 246 g/mol. The summed E-state index contributed by atoms with van der Waals surface area (Å²) in [6.45, 7) is 11.4. The Balaban J connectivity index is 2.10. The zero-order valence-corrected chi connectivity index (χ0v) is 11.6. The number of thioether (sulfide) groups is 1. The van der Waals surface area contributed by atoms with Gasteiger partial charge in [0.1, 0.15) is 0 Å². The second-order valence-electron chi connectivity index (χ2n) is 5.15. The molecule has 0 saturated carbocycles. The van der Waals surface area contributed by atoms with Crippen LogP contribution in [0, 0.1) is 5.92 Å². The van der Waals surface area contributed by atoms with Crippen molar-refractivity contribution in [2.45, 2.75) is 32.1 Å². The van der Waals surface area contributed by atoms with E-state index in [9.17, 15) is 5.11 Å². The molecule has 1 heterocycles. The van der Waals surface area contributed by atoms with Crippen molar-refractivity contribution in [1.29, 1.82) is 0 Å². The highest BCUT2D eigenvalue weighted by Gasteiger charge is 2.18. The molecule has 0 aromatic carbocycles. The first-order valence-corrected chi connectivity index (χ1v) is 7.35. The summed E-state index contributed by atoms with van der Waals surface area (Å²) >= 11 is 2.03. The third-order valence-electron chi connectivity index (χ3n) is 2.73. The first kappa shape index (κ1) is 14.3. The van der Waals surface area contributed by atoms with Gasteiger partial charge in [-0.25, -0.2) is 0 Å². The molecule has 2 atom stereocenters. The predicted octanol–water partition coefficient (Wildman–Crippen LogP) is 1.03. The number of aliphatic hydroxyl groups excluding tert-OH is 1. The van der Waals surface area contributed by atoms with E-state index >= 15 is 0 Å². The molecular formula is C12H26N2OS. The smallest absolute Gasteiger partial charge is 0.0791 e. The number of nitrogens with zero attached hydrogens (tertiary/aromatic N) is 1. The van der Waals surface area contributed by atoms with E-state index in [0.29, 0.717) is 11.2 Å². The molecule has 0 radical (unpaired) electrons. The van der Waals surface area contributed by atoms with Crippen molar-refractivity contribution in [3.05, 3.63) is 0 Å². The zero-order chi connectivity index (χ0) is 12.0. The molecule has 1 rings (SSSR count). The highest BCUT2D eigenvalue weighted by atomic mass is 32.2. The van der Waals surface area contributed by atoms with Crippen LogP contribution in [0.2, 0.25) is 0 Å². The standard InChI is InChI=1S/C12H26N2OS/c1-10(2)6-13-7-12(15)9-14-4-5-16-11(3)8-14/h10-13,15H,4-9H2,1-3H3. The zero-order valence-electron chi connectivity index (χ0n) is 10.8.